The zero-order chi connectivity index (χ0) is 15.2. The maximum Gasteiger partial charge on any atom is 0.163 e. The average molecular weight is 307 g/mol. The molecular formula is C17H19F2NS. The van der Waals surface area contributed by atoms with Crippen molar-refractivity contribution in [2.75, 3.05) is 12.8 Å². The van der Waals surface area contributed by atoms with Crippen LogP contribution in [0, 0.1) is 11.6 Å². The van der Waals surface area contributed by atoms with E-state index >= 15 is 0 Å². The predicted octanol–water partition coefficient (Wildman–Crippen LogP) is 4.78. The van der Waals surface area contributed by atoms with Gasteiger partial charge < -0.3 is 5.32 Å². The van der Waals surface area contributed by atoms with Gasteiger partial charge in [-0.25, -0.2) is 8.78 Å². The van der Waals surface area contributed by atoms with Crippen molar-refractivity contribution in [2.45, 2.75) is 24.3 Å². The molecule has 0 aromatic heterocycles. The van der Waals surface area contributed by atoms with Gasteiger partial charge in [-0.2, -0.15) is 0 Å². The Labute approximate surface area is 128 Å². The number of halogens is 2. The smallest absolute Gasteiger partial charge is 0.163 e. The van der Waals surface area contributed by atoms with E-state index in [0.717, 1.165) is 29.5 Å². The minimum Gasteiger partial charge on any atom is -0.306 e. The molecule has 4 heteroatoms. The van der Waals surface area contributed by atoms with Crippen LogP contribution in [0.5, 0.6) is 0 Å². The van der Waals surface area contributed by atoms with Gasteiger partial charge in [0, 0.05) is 10.5 Å². The number of thioether (sulfide) groups is 1. The lowest BCUT2D eigenvalue weighted by atomic mass is 9.98. The summed E-state index contributed by atoms with van der Waals surface area (Å²) in [6.45, 7) is 2.79. The zero-order valence-electron chi connectivity index (χ0n) is 12.2. The van der Waals surface area contributed by atoms with Gasteiger partial charge in [-0.05, 0) is 43.0 Å². The summed E-state index contributed by atoms with van der Waals surface area (Å²) < 4.78 is 27.6. The van der Waals surface area contributed by atoms with Crippen LogP contribution >= 0.6 is 11.8 Å². The van der Waals surface area contributed by atoms with Crippen LogP contribution in [-0.2, 0) is 0 Å². The molecule has 2 aromatic carbocycles. The number of rotatable bonds is 6. The SMILES string of the molecule is CCCNC(c1ccc(SC)cc1)c1cccc(F)c1F. The number of hydrogen-bond donors (Lipinski definition) is 1. The minimum absolute atomic E-state index is 0.337. The Bertz CT molecular complexity index is 584. The molecule has 0 heterocycles. The monoisotopic (exact) mass is 307 g/mol. The second-order valence-electron chi connectivity index (χ2n) is 4.80. The number of hydrogen-bond acceptors (Lipinski definition) is 2. The molecule has 1 unspecified atom stereocenters. The van der Waals surface area contributed by atoms with Crippen LogP contribution in [0.3, 0.4) is 0 Å². The van der Waals surface area contributed by atoms with E-state index in [0.29, 0.717) is 5.56 Å². The van der Waals surface area contributed by atoms with E-state index in [4.69, 9.17) is 0 Å². The van der Waals surface area contributed by atoms with Gasteiger partial charge in [0.15, 0.2) is 11.6 Å². The Balaban J connectivity index is 2.39. The molecule has 0 fully saturated rings. The third kappa shape index (κ3) is 3.83. The van der Waals surface area contributed by atoms with Crippen molar-refractivity contribution in [3.05, 3.63) is 65.2 Å². The fourth-order valence-electron chi connectivity index (χ4n) is 2.24. The van der Waals surface area contributed by atoms with Crippen LogP contribution in [0.4, 0.5) is 8.78 Å². The van der Waals surface area contributed by atoms with Crippen LogP contribution in [0.1, 0.15) is 30.5 Å². The van der Waals surface area contributed by atoms with E-state index in [1.165, 1.54) is 0 Å². The lowest BCUT2D eigenvalue weighted by Crippen LogP contribution is -2.24. The summed E-state index contributed by atoms with van der Waals surface area (Å²) in [6.07, 6.45) is 2.93. The highest BCUT2D eigenvalue weighted by molar-refractivity contribution is 7.98. The van der Waals surface area contributed by atoms with Gasteiger partial charge in [0.05, 0.1) is 6.04 Å². The predicted molar refractivity (Wildman–Crippen MR) is 84.7 cm³/mol. The fourth-order valence-corrected chi connectivity index (χ4v) is 2.64. The Morgan fingerprint density at radius 3 is 2.43 bits per heavy atom. The van der Waals surface area contributed by atoms with Crippen molar-refractivity contribution in [3.63, 3.8) is 0 Å². The summed E-state index contributed by atoms with van der Waals surface area (Å²) in [6, 6.07) is 11.9. The first-order valence-electron chi connectivity index (χ1n) is 6.98. The molecule has 1 nitrogen and oxygen atoms in total. The molecule has 0 radical (unpaired) electrons. The summed E-state index contributed by atoms with van der Waals surface area (Å²) in [5.74, 6) is -1.59. The topological polar surface area (TPSA) is 12.0 Å². The van der Waals surface area contributed by atoms with Gasteiger partial charge in [-0.3, -0.25) is 0 Å². The molecule has 2 rings (SSSR count). The largest absolute Gasteiger partial charge is 0.306 e. The quantitative estimate of drug-likeness (QED) is 0.771. The van der Waals surface area contributed by atoms with Gasteiger partial charge in [-0.1, -0.05) is 31.2 Å². The first kappa shape index (κ1) is 16.0. The minimum atomic E-state index is -0.809. The molecular weight excluding hydrogens is 288 g/mol. The molecule has 1 N–H and O–H groups in total. The van der Waals surface area contributed by atoms with Crippen molar-refractivity contribution in [2.24, 2.45) is 0 Å². The average Bonchev–Trinajstić information content (AvgIpc) is 2.52. The van der Waals surface area contributed by atoms with E-state index in [2.05, 4.69) is 5.32 Å². The molecule has 112 valence electrons. The first-order valence-corrected chi connectivity index (χ1v) is 8.21. The zero-order valence-corrected chi connectivity index (χ0v) is 13.0. The highest BCUT2D eigenvalue weighted by Crippen LogP contribution is 2.27. The lowest BCUT2D eigenvalue weighted by Gasteiger charge is -2.20. The van der Waals surface area contributed by atoms with Crippen LogP contribution in [0.25, 0.3) is 0 Å². The maximum atomic E-state index is 14.1. The Hall–Kier alpha value is -1.39. The van der Waals surface area contributed by atoms with Gasteiger partial charge in [0.2, 0.25) is 0 Å². The van der Waals surface area contributed by atoms with Gasteiger partial charge in [0.25, 0.3) is 0 Å². The lowest BCUT2D eigenvalue weighted by molar-refractivity contribution is 0.480. The Morgan fingerprint density at radius 1 is 1.10 bits per heavy atom. The molecule has 0 bridgehead atoms. The van der Waals surface area contributed by atoms with Crippen LogP contribution in [0.15, 0.2) is 47.4 Å². The molecule has 21 heavy (non-hydrogen) atoms. The van der Waals surface area contributed by atoms with Crippen molar-refractivity contribution in [1.82, 2.24) is 5.32 Å². The van der Waals surface area contributed by atoms with E-state index < -0.39 is 11.6 Å². The van der Waals surface area contributed by atoms with E-state index in [1.54, 1.807) is 23.9 Å². The third-order valence-electron chi connectivity index (χ3n) is 3.34. The number of benzene rings is 2. The molecule has 0 aliphatic rings. The Kier molecular flexibility index (Phi) is 5.76. The molecule has 2 aromatic rings. The normalized spacial score (nSPS) is 12.4. The van der Waals surface area contributed by atoms with E-state index in [-0.39, 0.29) is 6.04 Å². The van der Waals surface area contributed by atoms with Crippen molar-refractivity contribution >= 4 is 11.8 Å². The molecule has 0 aliphatic heterocycles. The van der Waals surface area contributed by atoms with E-state index in [9.17, 15) is 8.78 Å². The van der Waals surface area contributed by atoms with Gasteiger partial charge in [-0.15, -0.1) is 11.8 Å². The summed E-state index contributed by atoms with van der Waals surface area (Å²) in [5, 5.41) is 3.29. The van der Waals surface area contributed by atoms with Crippen molar-refractivity contribution < 1.29 is 8.78 Å². The molecule has 0 amide bonds. The summed E-state index contributed by atoms with van der Waals surface area (Å²) in [4.78, 5) is 1.15. The molecule has 0 saturated carbocycles. The van der Waals surface area contributed by atoms with Crippen LogP contribution < -0.4 is 5.32 Å². The molecule has 0 aliphatic carbocycles. The standard InChI is InChI=1S/C17H19F2NS/c1-3-11-20-17(12-7-9-13(21-2)10-8-12)14-5-4-6-15(18)16(14)19/h4-10,17,20H,3,11H2,1-2H3. The second kappa shape index (κ2) is 7.57. The Morgan fingerprint density at radius 2 is 1.81 bits per heavy atom. The maximum absolute atomic E-state index is 14.1. The highest BCUT2D eigenvalue weighted by atomic mass is 32.2. The molecule has 0 spiro atoms. The van der Waals surface area contributed by atoms with E-state index in [1.807, 2.05) is 37.4 Å². The summed E-state index contributed by atoms with van der Waals surface area (Å²) in [5.41, 5.74) is 1.28. The molecule has 1 atom stereocenters. The summed E-state index contributed by atoms with van der Waals surface area (Å²) >= 11 is 1.65. The number of nitrogens with one attached hydrogen (secondary N) is 1. The van der Waals surface area contributed by atoms with Crippen LogP contribution in [0.2, 0.25) is 0 Å². The van der Waals surface area contributed by atoms with Crippen LogP contribution in [-0.4, -0.2) is 12.8 Å². The second-order valence-corrected chi connectivity index (χ2v) is 5.68. The van der Waals surface area contributed by atoms with Gasteiger partial charge in [0.1, 0.15) is 0 Å². The fraction of sp³-hybridized carbons (Fsp3) is 0.294. The van der Waals surface area contributed by atoms with Gasteiger partial charge >= 0.3 is 0 Å². The summed E-state index contributed by atoms with van der Waals surface area (Å²) in [7, 11) is 0. The van der Waals surface area contributed by atoms with Crippen molar-refractivity contribution in [1.29, 1.82) is 0 Å². The van der Waals surface area contributed by atoms with Crippen molar-refractivity contribution in [3.8, 4) is 0 Å². The highest BCUT2D eigenvalue weighted by Gasteiger charge is 2.19. The third-order valence-corrected chi connectivity index (χ3v) is 4.08. The molecule has 0 saturated heterocycles. The first-order chi connectivity index (χ1) is 10.2.